The molecule has 14 heavy (non-hydrogen) atoms. The molecule has 0 aromatic carbocycles. The summed E-state index contributed by atoms with van der Waals surface area (Å²) in [5, 5.41) is -0.0117. The van der Waals surface area contributed by atoms with Crippen molar-refractivity contribution < 1.29 is 13.2 Å². The highest BCUT2D eigenvalue weighted by molar-refractivity contribution is 6.31. The van der Waals surface area contributed by atoms with Crippen LogP contribution in [0.25, 0.3) is 0 Å². The fourth-order valence-electron chi connectivity index (χ4n) is 0.942. The number of nitrogens with zero attached hydrogens (tertiary/aromatic N) is 1. The Kier molecular flexibility index (Phi) is 3.01. The van der Waals surface area contributed by atoms with Crippen molar-refractivity contribution in [2.45, 2.75) is 19.1 Å². The number of aryl methyl sites for hydroxylation is 1. The van der Waals surface area contributed by atoms with Crippen LogP contribution in [0, 0.1) is 6.92 Å². The van der Waals surface area contributed by atoms with Gasteiger partial charge in [0.1, 0.15) is 6.04 Å². The van der Waals surface area contributed by atoms with Crippen molar-refractivity contribution in [1.29, 1.82) is 0 Å². The molecule has 1 heterocycles. The number of hydrogen-bond acceptors (Lipinski definition) is 2. The van der Waals surface area contributed by atoms with Gasteiger partial charge in [-0.25, -0.2) is 0 Å². The summed E-state index contributed by atoms with van der Waals surface area (Å²) in [6.07, 6.45) is -3.45. The Morgan fingerprint density at radius 2 is 2.07 bits per heavy atom. The zero-order valence-corrected chi connectivity index (χ0v) is 8.02. The SMILES string of the molecule is Cc1cc(Cl)c(C(N)C(F)(F)F)cn1. The largest absolute Gasteiger partial charge is 0.407 e. The third-order valence-corrected chi connectivity index (χ3v) is 2.03. The summed E-state index contributed by atoms with van der Waals surface area (Å²) in [5.74, 6) is 0. The molecule has 0 radical (unpaired) electrons. The minimum atomic E-state index is -4.50. The molecule has 0 saturated carbocycles. The highest BCUT2D eigenvalue weighted by atomic mass is 35.5. The molecule has 1 aromatic heterocycles. The fourth-order valence-corrected chi connectivity index (χ4v) is 1.27. The molecule has 0 aliphatic rings. The molecule has 1 rings (SSSR count). The van der Waals surface area contributed by atoms with Crippen molar-refractivity contribution in [3.63, 3.8) is 0 Å². The summed E-state index contributed by atoms with van der Waals surface area (Å²) in [7, 11) is 0. The third kappa shape index (κ3) is 2.36. The number of nitrogens with two attached hydrogens (primary N) is 1. The van der Waals surface area contributed by atoms with Gasteiger partial charge in [0.05, 0.1) is 0 Å². The Hall–Kier alpha value is -0.810. The molecule has 0 spiro atoms. The lowest BCUT2D eigenvalue weighted by Gasteiger charge is -2.16. The molecule has 1 atom stereocenters. The van der Waals surface area contributed by atoms with E-state index in [9.17, 15) is 13.2 Å². The molecule has 0 bridgehead atoms. The number of halogens is 4. The second kappa shape index (κ2) is 3.74. The molecule has 78 valence electrons. The summed E-state index contributed by atoms with van der Waals surface area (Å²) >= 11 is 5.61. The molecule has 0 aliphatic heterocycles. The van der Waals surface area contributed by atoms with Crippen molar-refractivity contribution in [2.75, 3.05) is 0 Å². The van der Waals surface area contributed by atoms with Crippen LogP contribution in [0.15, 0.2) is 12.3 Å². The molecular formula is C8H8ClF3N2. The van der Waals surface area contributed by atoms with Gasteiger partial charge in [-0.3, -0.25) is 4.98 Å². The number of rotatable bonds is 1. The maximum atomic E-state index is 12.2. The summed E-state index contributed by atoms with van der Waals surface area (Å²) in [5.41, 5.74) is 5.32. The Labute approximate surface area is 83.9 Å². The first-order valence-corrected chi connectivity index (χ1v) is 4.14. The van der Waals surface area contributed by atoms with E-state index in [1.54, 1.807) is 6.92 Å². The summed E-state index contributed by atoms with van der Waals surface area (Å²) in [4.78, 5) is 3.71. The van der Waals surface area contributed by atoms with E-state index < -0.39 is 12.2 Å². The van der Waals surface area contributed by atoms with Gasteiger partial charge in [0.15, 0.2) is 0 Å². The van der Waals surface area contributed by atoms with Crippen LogP contribution in [0.5, 0.6) is 0 Å². The lowest BCUT2D eigenvalue weighted by atomic mass is 10.1. The number of aromatic nitrogens is 1. The van der Waals surface area contributed by atoms with Gasteiger partial charge in [0.25, 0.3) is 0 Å². The molecule has 1 unspecified atom stereocenters. The van der Waals surface area contributed by atoms with Gasteiger partial charge in [-0.1, -0.05) is 11.6 Å². The average Bonchev–Trinajstić information content (AvgIpc) is 2.01. The van der Waals surface area contributed by atoms with Gasteiger partial charge in [-0.15, -0.1) is 0 Å². The second-order valence-corrected chi connectivity index (χ2v) is 3.27. The van der Waals surface area contributed by atoms with Crippen molar-refractivity contribution in [1.82, 2.24) is 4.98 Å². The van der Waals surface area contributed by atoms with Crippen molar-refractivity contribution >= 4 is 11.6 Å². The maximum Gasteiger partial charge on any atom is 0.407 e. The average molecular weight is 225 g/mol. The lowest BCUT2D eigenvalue weighted by Crippen LogP contribution is -2.28. The predicted octanol–water partition coefficient (Wildman–Crippen LogP) is 2.61. The van der Waals surface area contributed by atoms with Crippen molar-refractivity contribution in [2.24, 2.45) is 5.73 Å². The van der Waals surface area contributed by atoms with Gasteiger partial charge >= 0.3 is 6.18 Å². The standard InChI is InChI=1S/C8H8ClF3N2/c1-4-2-6(9)5(3-14-4)7(13)8(10,11)12/h2-3,7H,13H2,1H3. The van der Waals surface area contributed by atoms with Crippen LogP contribution in [-0.2, 0) is 0 Å². The molecule has 0 aliphatic carbocycles. The number of pyridine rings is 1. The Bertz CT molecular complexity index is 338. The van der Waals surface area contributed by atoms with E-state index in [-0.39, 0.29) is 10.6 Å². The molecule has 1 aromatic rings. The Morgan fingerprint density at radius 3 is 2.50 bits per heavy atom. The minimum absolute atomic E-state index is 0.0117. The van der Waals surface area contributed by atoms with Crippen LogP contribution in [0.1, 0.15) is 17.3 Å². The predicted molar refractivity (Wildman–Crippen MR) is 47.0 cm³/mol. The summed E-state index contributed by atoms with van der Waals surface area (Å²) in [6, 6.07) is -0.731. The zero-order chi connectivity index (χ0) is 10.9. The lowest BCUT2D eigenvalue weighted by molar-refractivity contribution is -0.149. The van der Waals surface area contributed by atoms with Crippen LogP contribution in [-0.4, -0.2) is 11.2 Å². The van der Waals surface area contributed by atoms with Crippen LogP contribution >= 0.6 is 11.6 Å². The normalized spacial score (nSPS) is 14.1. The quantitative estimate of drug-likeness (QED) is 0.796. The van der Waals surface area contributed by atoms with Crippen molar-refractivity contribution in [3.8, 4) is 0 Å². The Morgan fingerprint density at radius 1 is 1.50 bits per heavy atom. The highest BCUT2D eigenvalue weighted by Gasteiger charge is 2.39. The molecular weight excluding hydrogens is 217 g/mol. The van der Waals surface area contributed by atoms with E-state index in [4.69, 9.17) is 17.3 Å². The first-order chi connectivity index (χ1) is 6.32. The minimum Gasteiger partial charge on any atom is -0.316 e. The second-order valence-electron chi connectivity index (χ2n) is 2.87. The topological polar surface area (TPSA) is 38.9 Å². The molecule has 6 heteroatoms. The van der Waals surface area contributed by atoms with Gasteiger partial charge in [0.2, 0.25) is 0 Å². The monoisotopic (exact) mass is 224 g/mol. The van der Waals surface area contributed by atoms with Gasteiger partial charge < -0.3 is 5.73 Å². The third-order valence-electron chi connectivity index (χ3n) is 1.71. The van der Waals surface area contributed by atoms with E-state index in [1.807, 2.05) is 0 Å². The number of hydrogen-bond donors (Lipinski definition) is 1. The van der Waals surface area contributed by atoms with Gasteiger partial charge in [-0.2, -0.15) is 13.2 Å². The number of alkyl halides is 3. The molecule has 2 nitrogen and oxygen atoms in total. The van der Waals surface area contributed by atoms with Gasteiger partial charge in [0, 0.05) is 22.5 Å². The van der Waals surface area contributed by atoms with Crippen LogP contribution in [0.2, 0.25) is 5.02 Å². The molecule has 0 amide bonds. The first kappa shape index (κ1) is 11.3. The highest BCUT2D eigenvalue weighted by Crippen LogP contribution is 2.33. The van der Waals surface area contributed by atoms with Crippen LogP contribution in [0.4, 0.5) is 13.2 Å². The fraction of sp³-hybridized carbons (Fsp3) is 0.375. The van der Waals surface area contributed by atoms with Crippen LogP contribution < -0.4 is 5.73 Å². The Balaban J connectivity index is 3.08. The smallest absolute Gasteiger partial charge is 0.316 e. The van der Waals surface area contributed by atoms with E-state index in [0.717, 1.165) is 6.20 Å². The molecule has 0 fully saturated rings. The van der Waals surface area contributed by atoms with E-state index in [1.165, 1.54) is 6.07 Å². The first-order valence-electron chi connectivity index (χ1n) is 3.76. The van der Waals surface area contributed by atoms with Crippen molar-refractivity contribution in [3.05, 3.63) is 28.5 Å². The molecule has 0 saturated heterocycles. The van der Waals surface area contributed by atoms with E-state index in [2.05, 4.69) is 4.98 Å². The molecule has 2 N–H and O–H groups in total. The summed E-state index contributed by atoms with van der Waals surface area (Å²) < 4.78 is 36.6. The van der Waals surface area contributed by atoms with Gasteiger partial charge in [-0.05, 0) is 13.0 Å². The maximum absolute atomic E-state index is 12.2. The van der Waals surface area contributed by atoms with Crippen LogP contribution in [0.3, 0.4) is 0 Å². The van der Waals surface area contributed by atoms with E-state index in [0.29, 0.717) is 5.69 Å². The summed E-state index contributed by atoms with van der Waals surface area (Å²) in [6.45, 7) is 1.63. The zero-order valence-electron chi connectivity index (χ0n) is 7.27. The van der Waals surface area contributed by atoms with E-state index >= 15 is 0 Å².